The highest BCUT2D eigenvalue weighted by Crippen LogP contribution is 2.36. The first-order valence-corrected chi connectivity index (χ1v) is 21.3. The van der Waals surface area contributed by atoms with E-state index in [1.54, 1.807) is 36.4 Å². The molecule has 1 fully saturated rings. The third-order valence-corrected chi connectivity index (χ3v) is 11.8. The first kappa shape index (κ1) is 42.2. The summed E-state index contributed by atoms with van der Waals surface area (Å²) in [5, 5.41) is 2.82. The van der Waals surface area contributed by atoms with E-state index in [4.69, 9.17) is 14.2 Å². The summed E-state index contributed by atoms with van der Waals surface area (Å²) in [6.07, 6.45) is 10.9. The molecule has 2 aliphatic heterocycles. The average molecular weight is 789 g/mol. The molecule has 3 amide bonds. The lowest BCUT2D eigenvalue weighted by molar-refractivity contribution is -0.137. The number of aliphatic imine (C=N–C) groups is 1. The van der Waals surface area contributed by atoms with E-state index in [2.05, 4.69) is 17.2 Å². The van der Waals surface area contributed by atoms with Gasteiger partial charge in [0.1, 0.15) is 16.4 Å². The predicted octanol–water partition coefficient (Wildman–Crippen LogP) is 8.87. The number of cyclic esters (lactones) is 1. The molecule has 3 aromatic carbocycles. The zero-order chi connectivity index (χ0) is 40.3. The van der Waals surface area contributed by atoms with Gasteiger partial charge in [0.25, 0.3) is 21.8 Å². The molecule has 5 rings (SSSR count). The number of rotatable bonds is 21. The Labute approximate surface area is 331 Å². The highest BCUT2D eigenvalue weighted by Gasteiger charge is 2.55. The van der Waals surface area contributed by atoms with Crippen LogP contribution in [0.25, 0.3) is 0 Å². The number of benzene rings is 3. The Hall–Kier alpha value is -4.91. The monoisotopic (exact) mass is 788 g/mol. The van der Waals surface area contributed by atoms with Crippen molar-refractivity contribution in [3.05, 3.63) is 77.9 Å². The Morgan fingerprint density at radius 3 is 2.12 bits per heavy atom. The number of hydrogen-bond donors (Lipinski definition) is 1. The van der Waals surface area contributed by atoms with E-state index in [1.165, 1.54) is 70.9 Å². The van der Waals surface area contributed by atoms with Crippen molar-refractivity contribution in [2.24, 2.45) is 4.99 Å². The maximum absolute atomic E-state index is 14.6. The van der Waals surface area contributed by atoms with Crippen molar-refractivity contribution in [2.45, 2.75) is 122 Å². The van der Waals surface area contributed by atoms with Crippen molar-refractivity contribution in [3.63, 3.8) is 0 Å². The van der Waals surface area contributed by atoms with E-state index in [9.17, 15) is 22.8 Å². The van der Waals surface area contributed by atoms with Gasteiger partial charge in [-0.1, -0.05) is 107 Å². The highest BCUT2D eigenvalue weighted by molar-refractivity contribution is 7.90. The van der Waals surface area contributed by atoms with Gasteiger partial charge in [-0.25, -0.2) is 23.1 Å². The third-order valence-electron chi connectivity index (χ3n) is 9.94. The van der Waals surface area contributed by atoms with Gasteiger partial charge in [0.15, 0.2) is 17.5 Å². The number of amides is 3. The van der Waals surface area contributed by atoms with Crippen molar-refractivity contribution < 1.29 is 37.0 Å². The number of sulfonamides is 1. The van der Waals surface area contributed by atoms with Gasteiger partial charge in [-0.2, -0.15) is 0 Å². The molecule has 12 nitrogen and oxygen atoms in total. The number of nitrogens with one attached hydrogen (secondary N) is 1. The summed E-state index contributed by atoms with van der Waals surface area (Å²) in [6.45, 7) is 9.37. The normalized spacial score (nSPS) is 16.2. The molecular formula is C43H56N4O8S. The van der Waals surface area contributed by atoms with E-state index in [0.29, 0.717) is 28.7 Å². The molecule has 2 heterocycles. The molecule has 0 aliphatic carbocycles. The second kappa shape index (κ2) is 19.3. The minimum Gasteiger partial charge on any atom is -0.493 e. The summed E-state index contributed by atoms with van der Waals surface area (Å²) in [5.41, 5.74) is 0.774. The molecule has 1 unspecified atom stereocenters. The summed E-state index contributed by atoms with van der Waals surface area (Å²) in [5.74, 6) is -0.942. The molecular weight excluding hydrogens is 733 g/mol. The van der Waals surface area contributed by atoms with Crippen LogP contribution < -0.4 is 14.8 Å². The average Bonchev–Trinajstić information content (AvgIpc) is 3.36. The van der Waals surface area contributed by atoms with Crippen LogP contribution in [0.4, 0.5) is 16.2 Å². The standard InChI is InChI=1S/C43H56N4O8S/c1-6-7-8-9-10-11-12-13-14-19-28-54-36-23-17-15-21-33(36)45-40(48)38(47-41(49)43(4,5)55-42(47)50)39-44-34-22-16-18-24-37(34)56(51,52)46(39)27-20-29-53-35-26-25-31(2)30-32(35)3/h15-18,21-26,30,38H,6-14,19-20,27-29H2,1-5H3,(H,45,48). The number of nitrogens with zero attached hydrogens (tertiary/aromatic N) is 3. The van der Waals surface area contributed by atoms with Crippen molar-refractivity contribution >= 4 is 45.1 Å². The fourth-order valence-electron chi connectivity index (χ4n) is 6.90. The van der Waals surface area contributed by atoms with E-state index < -0.39 is 39.6 Å². The van der Waals surface area contributed by atoms with Crippen LogP contribution in [0.15, 0.2) is 76.6 Å². The van der Waals surface area contributed by atoms with Crippen LogP contribution in [0, 0.1) is 13.8 Å². The summed E-state index contributed by atoms with van der Waals surface area (Å²) in [4.78, 5) is 47.1. The molecule has 302 valence electrons. The van der Waals surface area contributed by atoms with Gasteiger partial charge in [0.2, 0.25) is 0 Å². The molecule has 0 bridgehead atoms. The molecule has 13 heteroatoms. The minimum atomic E-state index is -4.32. The zero-order valence-corrected chi connectivity index (χ0v) is 34.2. The predicted molar refractivity (Wildman–Crippen MR) is 217 cm³/mol. The number of imide groups is 1. The maximum atomic E-state index is 14.6. The van der Waals surface area contributed by atoms with Crippen LogP contribution in [0.5, 0.6) is 11.5 Å². The number of anilines is 1. The molecule has 0 aromatic heterocycles. The highest BCUT2D eigenvalue weighted by atomic mass is 32.2. The lowest BCUT2D eigenvalue weighted by Crippen LogP contribution is -2.59. The molecule has 0 radical (unpaired) electrons. The quantitative estimate of drug-likeness (QED) is 0.106. The second-order valence-electron chi connectivity index (χ2n) is 15.0. The lowest BCUT2D eigenvalue weighted by Gasteiger charge is -2.35. The van der Waals surface area contributed by atoms with Gasteiger partial charge in [-0.3, -0.25) is 13.9 Å². The van der Waals surface area contributed by atoms with Crippen LogP contribution in [0.3, 0.4) is 0 Å². The minimum absolute atomic E-state index is 0.0698. The Kier molecular flexibility index (Phi) is 14.6. The Morgan fingerprint density at radius 2 is 1.45 bits per heavy atom. The molecule has 1 N–H and O–H groups in total. The van der Waals surface area contributed by atoms with Crippen LogP contribution in [0.1, 0.15) is 103 Å². The van der Waals surface area contributed by atoms with Gasteiger partial charge in [0.05, 0.1) is 24.6 Å². The second-order valence-corrected chi connectivity index (χ2v) is 16.8. The molecule has 56 heavy (non-hydrogen) atoms. The summed E-state index contributed by atoms with van der Waals surface area (Å²) in [6, 6.07) is 17.0. The Bertz CT molecular complexity index is 2000. The zero-order valence-electron chi connectivity index (χ0n) is 33.3. The topological polar surface area (TPSA) is 144 Å². The number of ether oxygens (including phenoxy) is 3. The number of carbonyl (C=O) groups excluding carboxylic acids is 3. The van der Waals surface area contributed by atoms with Gasteiger partial charge >= 0.3 is 6.09 Å². The van der Waals surface area contributed by atoms with Gasteiger partial charge in [-0.05, 0) is 70.0 Å². The largest absolute Gasteiger partial charge is 0.493 e. The molecule has 0 saturated carbocycles. The number of para-hydroxylation sites is 3. The van der Waals surface area contributed by atoms with Crippen LogP contribution in [-0.4, -0.2) is 72.8 Å². The summed E-state index contributed by atoms with van der Waals surface area (Å²) >= 11 is 0. The fraction of sp³-hybridized carbons (Fsp3) is 0.488. The number of amidine groups is 1. The van der Waals surface area contributed by atoms with Crippen molar-refractivity contribution in [2.75, 3.05) is 25.1 Å². The molecule has 0 spiro atoms. The number of fused-ring (bicyclic) bond motifs is 1. The van der Waals surface area contributed by atoms with Crippen molar-refractivity contribution in [1.29, 1.82) is 0 Å². The Balaban J connectivity index is 1.37. The number of carbonyl (C=O) groups is 3. The SMILES string of the molecule is CCCCCCCCCCCCOc1ccccc1NC(=O)C(C1=Nc2ccccc2S(=O)(=O)N1CCCOc1ccc(C)cc1C)N1C(=O)OC(C)(C)C1=O. The summed E-state index contributed by atoms with van der Waals surface area (Å²) < 4.78 is 47.2. The smallest absolute Gasteiger partial charge is 0.418 e. The van der Waals surface area contributed by atoms with E-state index in [-0.39, 0.29) is 36.0 Å². The first-order valence-electron chi connectivity index (χ1n) is 19.8. The van der Waals surface area contributed by atoms with E-state index >= 15 is 0 Å². The number of unbranched alkanes of at least 4 members (excludes halogenated alkanes) is 9. The summed E-state index contributed by atoms with van der Waals surface area (Å²) in [7, 11) is -4.32. The maximum Gasteiger partial charge on any atom is 0.418 e. The van der Waals surface area contributed by atoms with Gasteiger partial charge in [0, 0.05) is 13.0 Å². The van der Waals surface area contributed by atoms with Crippen molar-refractivity contribution in [3.8, 4) is 11.5 Å². The number of hydrogen-bond acceptors (Lipinski definition) is 9. The fourth-order valence-corrected chi connectivity index (χ4v) is 8.52. The number of aryl methyl sites for hydroxylation is 2. The lowest BCUT2D eigenvalue weighted by atomic mass is 10.1. The van der Waals surface area contributed by atoms with Gasteiger partial charge < -0.3 is 19.5 Å². The van der Waals surface area contributed by atoms with E-state index in [1.807, 2.05) is 32.0 Å². The van der Waals surface area contributed by atoms with Gasteiger partial charge in [-0.15, -0.1) is 0 Å². The first-order chi connectivity index (χ1) is 26.8. The molecule has 3 aromatic rings. The molecule has 1 saturated heterocycles. The van der Waals surface area contributed by atoms with Crippen LogP contribution in [-0.2, 0) is 24.3 Å². The third kappa shape index (κ3) is 10.3. The molecule has 1 atom stereocenters. The van der Waals surface area contributed by atoms with Crippen LogP contribution in [0.2, 0.25) is 0 Å². The molecule has 2 aliphatic rings. The van der Waals surface area contributed by atoms with Crippen LogP contribution >= 0.6 is 0 Å². The van der Waals surface area contributed by atoms with E-state index in [0.717, 1.165) is 34.7 Å². The Morgan fingerprint density at radius 1 is 0.821 bits per heavy atom. The van der Waals surface area contributed by atoms with Crippen molar-refractivity contribution in [1.82, 2.24) is 9.21 Å².